The van der Waals surface area contributed by atoms with E-state index in [9.17, 15) is 9.59 Å². The van der Waals surface area contributed by atoms with E-state index in [1.54, 1.807) is 14.0 Å². The number of methoxy groups -OCH3 is 2. The highest BCUT2D eigenvalue weighted by Gasteiger charge is 2.14. The maximum absolute atomic E-state index is 11.5. The van der Waals surface area contributed by atoms with Crippen LogP contribution in [0.4, 0.5) is 4.79 Å². The summed E-state index contributed by atoms with van der Waals surface area (Å²) in [5, 5.41) is 5.17. The lowest BCUT2D eigenvalue weighted by Crippen LogP contribution is -2.45. The van der Waals surface area contributed by atoms with Crippen molar-refractivity contribution >= 4 is 12.0 Å². The molecule has 0 radical (unpaired) electrons. The normalized spacial score (nSPS) is 11.3. The van der Waals surface area contributed by atoms with Crippen LogP contribution >= 0.6 is 0 Å². The van der Waals surface area contributed by atoms with Gasteiger partial charge in [0.05, 0.1) is 14.2 Å². The average molecular weight is 280 g/mol. The number of carbonyl (C=O) groups excluding carboxylic acids is 2. The molecule has 0 aliphatic heterocycles. The Morgan fingerprint density at radius 1 is 1.20 bits per heavy atom. The molecular weight excluding hydrogens is 260 g/mol. The molecule has 20 heavy (non-hydrogen) atoms. The third kappa shape index (κ3) is 5.17. The van der Waals surface area contributed by atoms with Crippen LogP contribution in [0.25, 0.3) is 0 Å². The van der Waals surface area contributed by atoms with Crippen molar-refractivity contribution in [2.45, 2.75) is 19.4 Å². The zero-order valence-electron chi connectivity index (χ0n) is 11.9. The summed E-state index contributed by atoms with van der Waals surface area (Å²) in [6, 6.07) is 6.56. The molecule has 0 bridgehead atoms. The molecule has 1 atom stereocenters. The fraction of sp³-hybridized carbons (Fsp3) is 0.429. The number of rotatable bonds is 6. The van der Waals surface area contributed by atoms with Crippen LogP contribution < -0.4 is 15.4 Å². The molecule has 6 nitrogen and oxygen atoms in total. The average Bonchev–Trinajstić information content (AvgIpc) is 2.47. The second-order valence-corrected chi connectivity index (χ2v) is 4.24. The fourth-order valence-corrected chi connectivity index (χ4v) is 1.60. The highest BCUT2D eigenvalue weighted by atomic mass is 16.5. The van der Waals surface area contributed by atoms with E-state index in [0.29, 0.717) is 13.0 Å². The zero-order valence-corrected chi connectivity index (χ0v) is 11.9. The molecule has 2 N–H and O–H groups in total. The van der Waals surface area contributed by atoms with Crippen LogP contribution in [-0.4, -0.2) is 38.8 Å². The van der Waals surface area contributed by atoms with Gasteiger partial charge >= 0.3 is 12.0 Å². The van der Waals surface area contributed by atoms with Crippen molar-refractivity contribution in [3.8, 4) is 5.75 Å². The van der Waals surface area contributed by atoms with E-state index >= 15 is 0 Å². The van der Waals surface area contributed by atoms with Gasteiger partial charge in [-0.25, -0.2) is 9.59 Å². The molecule has 1 aromatic carbocycles. The van der Waals surface area contributed by atoms with Crippen LogP contribution in [0, 0.1) is 0 Å². The summed E-state index contributed by atoms with van der Waals surface area (Å²) < 4.78 is 9.58. The summed E-state index contributed by atoms with van der Waals surface area (Å²) in [5.74, 6) is 0.321. The molecule has 0 aliphatic rings. The van der Waals surface area contributed by atoms with Crippen molar-refractivity contribution in [3.05, 3.63) is 29.8 Å². The lowest BCUT2D eigenvalue weighted by atomic mass is 10.1. The van der Waals surface area contributed by atoms with Crippen LogP contribution in [0.3, 0.4) is 0 Å². The van der Waals surface area contributed by atoms with Gasteiger partial charge in [-0.1, -0.05) is 12.1 Å². The minimum Gasteiger partial charge on any atom is -0.497 e. The van der Waals surface area contributed by atoms with Gasteiger partial charge in [0.2, 0.25) is 0 Å². The fourth-order valence-electron chi connectivity index (χ4n) is 1.60. The van der Waals surface area contributed by atoms with Gasteiger partial charge in [0, 0.05) is 6.54 Å². The zero-order chi connectivity index (χ0) is 15.0. The smallest absolute Gasteiger partial charge is 0.328 e. The minimum atomic E-state index is -0.666. The van der Waals surface area contributed by atoms with Gasteiger partial charge in [0.15, 0.2) is 0 Å². The van der Waals surface area contributed by atoms with E-state index in [2.05, 4.69) is 15.4 Å². The van der Waals surface area contributed by atoms with Crippen molar-refractivity contribution in [2.24, 2.45) is 0 Å². The number of benzene rings is 1. The molecule has 0 heterocycles. The summed E-state index contributed by atoms with van der Waals surface area (Å²) >= 11 is 0. The molecule has 0 aromatic heterocycles. The number of nitrogens with one attached hydrogen (secondary N) is 2. The first kappa shape index (κ1) is 15.8. The minimum absolute atomic E-state index is 0.392. The Kier molecular flexibility index (Phi) is 6.36. The third-order valence-corrected chi connectivity index (χ3v) is 2.76. The second-order valence-electron chi connectivity index (χ2n) is 4.24. The number of hydrogen-bond acceptors (Lipinski definition) is 4. The Balaban J connectivity index is 2.29. The van der Waals surface area contributed by atoms with Crippen LogP contribution in [0.5, 0.6) is 5.75 Å². The van der Waals surface area contributed by atoms with E-state index < -0.39 is 18.0 Å². The third-order valence-electron chi connectivity index (χ3n) is 2.76. The second kappa shape index (κ2) is 8.04. The van der Waals surface area contributed by atoms with E-state index in [0.717, 1.165) is 11.3 Å². The SMILES string of the molecule is COC(=O)C(C)NC(=O)NCCc1ccc(OC)cc1. The number of urea groups is 1. The van der Waals surface area contributed by atoms with Gasteiger partial charge < -0.3 is 20.1 Å². The number of ether oxygens (including phenoxy) is 2. The van der Waals surface area contributed by atoms with Crippen molar-refractivity contribution < 1.29 is 19.1 Å². The lowest BCUT2D eigenvalue weighted by molar-refractivity contribution is -0.142. The van der Waals surface area contributed by atoms with Crippen LogP contribution in [-0.2, 0) is 16.0 Å². The topological polar surface area (TPSA) is 76.7 Å². The van der Waals surface area contributed by atoms with E-state index in [4.69, 9.17) is 4.74 Å². The molecule has 0 fully saturated rings. The van der Waals surface area contributed by atoms with E-state index in [1.807, 2.05) is 24.3 Å². The Bertz CT molecular complexity index is 445. The summed E-state index contributed by atoms with van der Waals surface area (Å²) in [6.07, 6.45) is 0.698. The Morgan fingerprint density at radius 2 is 1.85 bits per heavy atom. The molecule has 2 amide bonds. The molecule has 0 spiro atoms. The molecule has 110 valence electrons. The summed E-state index contributed by atoms with van der Waals surface area (Å²) in [7, 11) is 2.89. The Labute approximate surface area is 118 Å². The monoisotopic (exact) mass is 280 g/mol. The van der Waals surface area contributed by atoms with Crippen LogP contribution in [0.2, 0.25) is 0 Å². The predicted octanol–water partition coefficient (Wildman–Crippen LogP) is 1.10. The van der Waals surface area contributed by atoms with Crippen LogP contribution in [0.15, 0.2) is 24.3 Å². The first-order chi connectivity index (χ1) is 9.56. The standard InChI is InChI=1S/C14H20N2O4/c1-10(13(17)20-3)16-14(18)15-9-8-11-4-6-12(19-2)7-5-11/h4-7,10H,8-9H2,1-3H3,(H2,15,16,18). The molecule has 0 saturated carbocycles. The predicted molar refractivity (Wildman–Crippen MR) is 74.7 cm³/mol. The van der Waals surface area contributed by atoms with Gasteiger partial charge in [-0.2, -0.15) is 0 Å². The number of carbonyl (C=O) groups is 2. The maximum Gasteiger partial charge on any atom is 0.328 e. The highest BCUT2D eigenvalue weighted by Crippen LogP contribution is 2.11. The summed E-state index contributed by atoms with van der Waals surface area (Å²) in [4.78, 5) is 22.6. The molecule has 0 aliphatic carbocycles. The Morgan fingerprint density at radius 3 is 2.40 bits per heavy atom. The molecule has 1 rings (SSSR count). The van der Waals surface area contributed by atoms with Gasteiger partial charge in [-0.15, -0.1) is 0 Å². The lowest BCUT2D eigenvalue weighted by Gasteiger charge is -2.12. The maximum atomic E-state index is 11.5. The first-order valence-electron chi connectivity index (χ1n) is 6.32. The quantitative estimate of drug-likeness (QED) is 0.765. The van der Waals surface area contributed by atoms with Crippen molar-refractivity contribution in [1.29, 1.82) is 0 Å². The van der Waals surface area contributed by atoms with Crippen molar-refractivity contribution in [2.75, 3.05) is 20.8 Å². The van der Waals surface area contributed by atoms with Gasteiger partial charge in [0.25, 0.3) is 0 Å². The largest absolute Gasteiger partial charge is 0.497 e. The number of hydrogen-bond donors (Lipinski definition) is 2. The molecular formula is C14H20N2O4. The summed E-state index contributed by atoms with van der Waals surface area (Å²) in [5.41, 5.74) is 1.09. The first-order valence-corrected chi connectivity index (χ1v) is 6.32. The van der Waals surface area contributed by atoms with Crippen molar-refractivity contribution in [1.82, 2.24) is 10.6 Å². The van der Waals surface area contributed by atoms with Crippen molar-refractivity contribution in [3.63, 3.8) is 0 Å². The molecule has 1 aromatic rings. The molecule has 1 unspecified atom stereocenters. The van der Waals surface area contributed by atoms with Gasteiger partial charge in [-0.05, 0) is 31.0 Å². The highest BCUT2D eigenvalue weighted by molar-refractivity contribution is 5.83. The van der Waals surface area contributed by atoms with Crippen LogP contribution in [0.1, 0.15) is 12.5 Å². The summed E-state index contributed by atoms with van der Waals surface area (Å²) in [6.45, 7) is 2.04. The number of esters is 1. The Hall–Kier alpha value is -2.24. The van der Waals surface area contributed by atoms with Gasteiger partial charge in [-0.3, -0.25) is 0 Å². The van der Waals surface area contributed by atoms with E-state index in [-0.39, 0.29) is 0 Å². The molecule has 6 heteroatoms. The number of amides is 2. The molecule has 0 saturated heterocycles. The van der Waals surface area contributed by atoms with E-state index in [1.165, 1.54) is 7.11 Å². The van der Waals surface area contributed by atoms with Gasteiger partial charge in [0.1, 0.15) is 11.8 Å².